The van der Waals surface area contributed by atoms with E-state index in [1.165, 1.54) is 12.1 Å². The van der Waals surface area contributed by atoms with Gasteiger partial charge in [0.2, 0.25) is 0 Å². The number of aliphatic hydroxyl groups is 1. The average molecular weight is 257 g/mol. The molecule has 0 saturated carbocycles. The number of hydrogen-bond acceptors (Lipinski definition) is 3. The van der Waals surface area contributed by atoms with E-state index in [1.807, 2.05) is 4.90 Å². The minimum atomic E-state index is -0.833. The molecular weight excluding hydrogens is 240 g/mol. The van der Waals surface area contributed by atoms with Crippen LogP contribution < -0.4 is 4.90 Å². The second-order valence-electron chi connectivity index (χ2n) is 4.32. The first kappa shape index (κ1) is 13.2. The van der Waals surface area contributed by atoms with E-state index in [-0.39, 0.29) is 6.61 Å². The Balaban J connectivity index is 2.26. The van der Waals surface area contributed by atoms with Crippen LogP contribution in [0.3, 0.4) is 0 Å². The van der Waals surface area contributed by atoms with E-state index in [4.69, 9.17) is 9.84 Å². The number of morpholine rings is 1. The van der Waals surface area contributed by atoms with E-state index in [0.717, 1.165) is 5.56 Å². The van der Waals surface area contributed by atoms with Crippen molar-refractivity contribution in [1.82, 2.24) is 0 Å². The van der Waals surface area contributed by atoms with Crippen LogP contribution in [-0.2, 0) is 11.2 Å². The van der Waals surface area contributed by atoms with Crippen molar-refractivity contribution in [3.63, 3.8) is 0 Å². The number of aryl methyl sites for hydroxylation is 1. The van der Waals surface area contributed by atoms with Crippen LogP contribution in [0.2, 0.25) is 0 Å². The van der Waals surface area contributed by atoms with Crippen LogP contribution in [0.1, 0.15) is 12.0 Å². The summed E-state index contributed by atoms with van der Waals surface area (Å²) in [5, 5.41) is 8.85. The Bertz CT molecular complexity index is 406. The van der Waals surface area contributed by atoms with E-state index in [0.29, 0.717) is 44.8 Å². The van der Waals surface area contributed by atoms with Gasteiger partial charge in [0.05, 0.1) is 13.2 Å². The van der Waals surface area contributed by atoms with Crippen LogP contribution in [0.15, 0.2) is 12.1 Å². The van der Waals surface area contributed by atoms with Crippen LogP contribution >= 0.6 is 0 Å². The van der Waals surface area contributed by atoms with Gasteiger partial charge in [-0.15, -0.1) is 0 Å². The van der Waals surface area contributed by atoms with Crippen molar-refractivity contribution in [2.24, 2.45) is 0 Å². The van der Waals surface area contributed by atoms with Crippen LogP contribution in [0.25, 0.3) is 0 Å². The van der Waals surface area contributed by atoms with Gasteiger partial charge in [-0.1, -0.05) is 0 Å². The standard InChI is InChI=1S/C13H17F2NO2/c14-11-8-10(2-1-5-17)13(9-12(11)15)16-3-6-18-7-4-16/h8-9,17H,1-7H2. The summed E-state index contributed by atoms with van der Waals surface area (Å²) < 4.78 is 31.9. The lowest BCUT2D eigenvalue weighted by Crippen LogP contribution is -2.37. The topological polar surface area (TPSA) is 32.7 Å². The first-order chi connectivity index (χ1) is 8.72. The molecule has 0 unspecified atom stereocenters. The molecule has 1 aromatic rings. The zero-order valence-corrected chi connectivity index (χ0v) is 10.2. The van der Waals surface area contributed by atoms with Crippen molar-refractivity contribution >= 4 is 5.69 Å². The average Bonchev–Trinajstić information content (AvgIpc) is 2.40. The first-order valence-corrected chi connectivity index (χ1v) is 6.14. The fourth-order valence-electron chi connectivity index (χ4n) is 2.15. The van der Waals surface area contributed by atoms with E-state index in [1.54, 1.807) is 0 Å². The maximum absolute atomic E-state index is 13.4. The number of benzene rings is 1. The van der Waals surface area contributed by atoms with E-state index in [9.17, 15) is 8.78 Å². The van der Waals surface area contributed by atoms with E-state index < -0.39 is 11.6 Å². The maximum atomic E-state index is 13.4. The normalized spacial score (nSPS) is 16.1. The van der Waals surface area contributed by atoms with Crippen LogP contribution in [0.5, 0.6) is 0 Å². The van der Waals surface area contributed by atoms with E-state index in [2.05, 4.69) is 0 Å². The molecule has 0 spiro atoms. The molecule has 1 N–H and O–H groups in total. The molecule has 0 radical (unpaired) electrons. The molecule has 1 heterocycles. The van der Waals surface area contributed by atoms with Gasteiger partial charge in [0.15, 0.2) is 11.6 Å². The molecule has 0 bridgehead atoms. The quantitative estimate of drug-likeness (QED) is 0.891. The summed E-state index contributed by atoms with van der Waals surface area (Å²) in [6.45, 7) is 2.59. The largest absolute Gasteiger partial charge is 0.396 e. The molecule has 0 atom stereocenters. The van der Waals surface area contributed by atoms with Gasteiger partial charge in [-0.3, -0.25) is 0 Å². The van der Waals surface area contributed by atoms with Gasteiger partial charge in [0.25, 0.3) is 0 Å². The van der Waals surface area contributed by atoms with Crippen molar-refractivity contribution in [3.8, 4) is 0 Å². The molecule has 3 nitrogen and oxygen atoms in total. The number of hydrogen-bond donors (Lipinski definition) is 1. The fourth-order valence-corrected chi connectivity index (χ4v) is 2.15. The number of halogens is 2. The van der Waals surface area contributed by atoms with Gasteiger partial charge in [0, 0.05) is 31.5 Å². The Kier molecular flexibility index (Phi) is 4.49. The zero-order valence-electron chi connectivity index (χ0n) is 10.2. The molecule has 0 aromatic heterocycles. The predicted molar refractivity (Wildman–Crippen MR) is 64.8 cm³/mol. The van der Waals surface area contributed by atoms with Crippen LogP contribution in [0.4, 0.5) is 14.5 Å². The third-order valence-electron chi connectivity index (χ3n) is 3.08. The number of aliphatic hydroxyl groups excluding tert-OH is 1. The molecule has 1 fully saturated rings. The SMILES string of the molecule is OCCCc1cc(F)c(F)cc1N1CCOCC1. The maximum Gasteiger partial charge on any atom is 0.160 e. The summed E-state index contributed by atoms with van der Waals surface area (Å²) in [5.41, 5.74) is 1.45. The Hall–Kier alpha value is -1.20. The first-order valence-electron chi connectivity index (χ1n) is 6.14. The number of ether oxygens (including phenoxy) is 1. The molecule has 1 aliphatic heterocycles. The lowest BCUT2D eigenvalue weighted by atomic mass is 10.1. The smallest absolute Gasteiger partial charge is 0.160 e. The highest BCUT2D eigenvalue weighted by Gasteiger charge is 2.17. The Morgan fingerprint density at radius 2 is 1.83 bits per heavy atom. The van der Waals surface area contributed by atoms with Crippen LogP contribution in [0, 0.1) is 11.6 Å². The van der Waals surface area contributed by atoms with Crippen molar-refractivity contribution in [1.29, 1.82) is 0 Å². The van der Waals surface area contributed by atoms with Gasteiger partial charge in [-0.05, 0) is 24.5 Å². The van der Waals surface area contributed by atoms with Crippen molar-refractivity contribution in [2.75, 3.05) is 37.8 Å². The van der Waals surface area contributed by atoms with Gasteiger partial charge in [-0.2, -0.15) is 0 Å². The number of anilines is 1. The van der Waals surface area contributed by atoms with E-state index >= 15 is 0 Å². The molecule has 1 aliphatic rings. The minimum absolute atomic E-state index is 0.0432. The van der Waals surface area contributed by atoms with Gasteiger partial charge in [-0.25, -0.2) is 8.78 Å². The number of nitrogens with zero attached hydrogens (tertiary/aromatic N) is 1. The second-order valence-corrected chi connectivity index (χ2v) is 4.32. The molecule has 5 heteroatoms. The van der Waals surface area contributed by atoms with Crippen molar-refractivity contribution < 1.29 is 18.6 Å². The Morgan fingerprint density at radius 3 is 2.50 bits per heavy atom. The Labute approximate surface area is 105 Å². The highest BCUT2D eigenvalue weighted by atomic mass is 19.2. The molecule has 0 aliphatic carbocycles. The van der Waals surface area contributed by atoms with Gasteiger partial charge >= 0.3 is 0 Å². The summed E-state index contributed by atoms with van der Waals surface area (Å²) in [7, 11) is 0. The molecular formula is C13H17F2NO2. The molecule has 0 amide bonds. The lowest BCUT2D eigenvalue weighted by Gasteiger charge is -2.30. The molecule has 2 rings (SSSR count). The molecule has 1 aromatic carbocycles. The monoisotopic (exact) mass is 257 g/mol. The summed E-state index contributed by atoms with van der Waals surface area (Å²) in [4.78, 5) is 2.00. The predicted octanol–water partition coefficient (Wildman–Crippen LogP) is 1.73. The third kappa shape index (κ3) is 2.97. The highest BCUT2D eigenvalue weighted by Crippen LogP contribution is 2.26. The number of rotatable bonds is 4. The molecule has 100 valence electrons. The summed E-state index contributed by atoms with van der Waals surface area (Å²) >= 11 is 0. The summed E-state index contributed by atoms with van der Waals surface area (Å²) in [5.74, 6) is -1.66. The lowest BCUT2D eigenvalue weighted by molar-refractivity contribution is 0.122. The molecule has 1 saturated heterocycles. The molecule has 18 heavy (non-hydrogen) atoms. The Morgan fingerprint density at radius 1 is 1.17 bits per heavy atom. The third-order valence-corrected chi connectivity index (χ3v) is 3.08. The second kappa shape index (κ2) is 6.11. The fraction of sp³-hybridized carbons (Fsp3) is 0.538. The van der Waals surface area contributed by atoms with Crippen LogP contribution in [-0.4, -0.2) is 38.0 Å². The summed E-state index contributed by atoms with van der Waals surface area (Å²) in [6, 6.07) is 2.48. The van der Waals surface area contributed by atoms with Gasteiger partial charge in [0.1, 0.15) is 0 Å². The van der Waals surface area contributed by atoms with Gasteiger partial charge < -0.3 is 14.7 Å². The zero-order chi connectivity index (χ0) is 13.0. The highest BCUT2D eigenvalue weighted by molar-refractivity contribution is 5.54. The minimum Gasteiger partial charge on any atom is -0.396 e. The summed E-state index contributed by atoms with van der Waals surface area (Å²) in [6.07, 6.45) is 1.09. The van der Waals surface area contributed by atoms with Crippen molar-refractivity contribution in [3.05, 3.63) is 29.3 Å². The van der Waals surface area contributed by atoms with Crippen molar-refractivity contribution in [2.45, 2.75) is 12.8 Å².